The summed E-state index contributed by atoms with van der Waals surface area (Å²) in [5.41, 5.74) is 1.20. The van der Waals surface area contributed by atoms with Crippen molar-refractivity contribution in [3.8, 4) is 0 Å². The average molecular weight is 408 g/mol. The van der Waals surface area contributed by atoms with Crippen LogP contribution in [0, 0.1) is 0 Å². The van der Waals surface area contributed by atoms with Gasteiger partial charge in [-0.1, -0.05) is 36.4 Å². The highest BCUT2D eigenvalue weighted by molar-refractivity contribution is 7.91. The van der Waals surface area contributed by atoms with Crippen LogP contribution in [0.25, 0.3) is 0 Å². The lowest BCUT2D eigenvalue weighted by Crippen LogP contribution is -2.40. The van der Waals surface area contributed by atoms with Gasteiger partial charge in [-0.05, 0) is 36.4 Å². The van der Waals surface area contributed by atoms with Crippen molar-refractivity contribution in [3.63, 3.8) is 0 Å². The molecule has 1 aliphatic heterocycles. The van der Waals surface area contributed by atoms with Gasteiger partial charge in [0.05, 0.1) is 6.54 Å². The van der Waals surface area contributed by atoms with E-state index in [1.807, 2.05) is 35.2 Å². The standard InChI is InChI=1S/C19H25N3O3S2/c23-18(20-10-9-17-6-2-1-3-7-17)16-21-11-5-12-22(14-13-21)27(24,25)19-8-4-15-26-19/h1-4,6-8,15H,5,9-14,16H2,(H,20,23). The van der Waals surface area contributed by atoms with Crippen LogP contribution in [0.15, 0.2) is 52.1 Å². The van der Waals surface area contributed by atoms with E-state index >= 15 is 0 Å². The number of benzene rings is 1. The van der Waals surface area contributed by atoms with E-state index in [0.717, 1.165) is 19.4 Å². The fourth-order valence-electron chi connectivity index (χ4n) is 3.13. The largest absolute Gasteiger partial charge is 0.355 e. The summed E-state index contributed by atoms with van der Waals surface area (Å²) in [6.07, 6.45) is 1.53. The molecule has 1 N–H and O–H groups in total. The summed E-state index contributed by atoms with van der Waals surface area (Å²) in [5, 5.41) is 4.73. The highest BCUT2D eigenvalue weighted by Crippen LogP contribution is 2.22. The van der Waals surface area contributed by atoms with Crippen molar-refractivity contribution in [2.45, 2.75) is 17.1 Å². The maximum absolute atomic E-state index is 12.6. The number of carbonyl (C=O) groups is 1. The Morgan fingerprint density at radius 1 is 1.04 bits per heavy atom. The average Bonchev–Trinajstić information content (AvgIpc) is 3.11. The number of hydrogen-bond donors (Lipinski definition) is 1. The van der Waals surface area contributed by atoms with Crippen molar-refractivity contribution in [1.82, 2.24) is 14.5 Å². The predicted molar refractivity (Wildman–Crippen MR) is 107 cm³/mol. The smallest absolute Gasteiger partial charge is 0.252 e. The number of hydrogen-bond acceptors (Lipinski definition) is 5. The van der Waals surface area contributed by atoms with Crippen molar-refractivity contribution >= 4 is 27.3 Å². The fourth-order valence-corrected chi connectivity index (χ4v) is 5.75. The summed E-state index contributed by atoms with van der Waals surface area (Å²) in [6, 6.07) is 13.4. The maximum atomic E-state index is 12.6. The van der Waals surface area contributed by atoms with E-state index in [4.69, 9.17) is 0 Å². The van der Waals surface area contributed by atoms with Crippen molar-refractivity contribution in [1.29, 1.82) is 0 Å². The minimum Gasteiger partial charge on any atom is -0.355 e. The van der Waals surface area contributed by atoms with Crippen molar-refractivity contribution in [2.75, 3.05) is 39.3 Å². The number of nitrogens with zero attached hydrogens (tertiary/aromatic N) is 2. The second kappa shape index (κ2) is 9.45. The highest BCUT2D eigenvalue weighted by Gasteiger charge is 2.27. The number of carbonyl (C=O) groups excluding carboxylic acids is 1. The Balaban J connectivity index is 1.45. The first kappa shape index (κ1) is 20.0. The SMILES string of the molecule is O=C(CN1CCCN(S(=O)(=O)c2cccs2)CC1)NCCc1ccccc1. The molecule has 2 heterocycles. The number of nitrogens with one attached hydrogen (secondary N) is 1. The summed E-state index contributed by atoms with van der Waals surface area (Å²) in [6.45, 7) is 3.11. The second-order valence-electron chi connectivity index (χ2n) is 6.55. The van der Waals surface area contributed by atoms with Crippen molar-refractivity contribution < 1.29 is 13.2 Å². The Morgan fingerprint density at radius 3 is 2.59 bits per heavy atom. The molecule has 1 fully saturated rings. The molecule has 0 unspecified atom stereocenters. The van der Waals surface area contributed by atoms with Gasteiger partial charge in [-0.3, -0.25) is 9.69 Å². The van der Waals surface area contributed by atoms with Gasteiger partial charge in [-0.25, -0.2) is 8.42 Å². The Morgan fingerprint density at radius 2 is 1.85 bits per heavy atom. The van der Waals surface area contributed by atoms with E-state index in [-0.39, 0.29) is 5.91 Å². The van der Waals surface area contributed by atoms with Gasteiger partial charge in [-0.2, -0.15) is 4.31 Å². The summed E-state index contributed by atoms with van der Waals surface area (Å²) in [5.74, 6) is -0.0134. The molecule has 146 valence electrons. The van der Waals surface area contributed by atoms with Crippen molar-refractivity contribution in [3.05, 3.63) is 53.4 Å². The van der Waals surface area contributed by atoms with Crippen LogP contribution in [0.1, 0.15) is 12.0 Å². The molecule has 8 heteroatoms. The Hall–Kier alpha value is -1.74. The quantitative estimate of drug-likeness (QED) is 0.760. The molecule has 1 aliphatic rings. The van der Waals surface area contributed by atoms with Gasteiger partial charge < -0.3 is 5.32 Å². The van der Waals surface area contributed by atoms with Crippen LogP contribution in [0.5, 0.6) is 0 Å². The third kappa shape index (κ3) is 5.62. The zero-order valence-corrected chi connectivity index (χ0v) is 16.8. The molecule has 1 amide bonds. The Labute approximate surface area is 164 Å². The van der Waals surface area contributed by atoms with Crippen LogP contribution in [0.2, 0.25) is 0 Å². The number of thiophene rings is 1. The summed E-state index contributed by atoms with van der Waals surface area (Å²) in [4.78, 5) is 14.2. The van der Waals surface area contributed by atoms with Crippen LogP contribution < -0.4 is 5.32 Å². The Bertz CT molecular complexity index is 823. The van der Waals surface area contributed by atoms with E-state index in [1.165, 1.54) is 21.2 Å². The minimum atomic E-state index is -3.41. The summed E-state index contributed by atoms with van der Waals surface area (Å²) < 4.78 is 27.2. The highest BCUT2D eigenvalue weighted by atomic mass is 32.2. The van der Waals surface area contributed by atoms with Gasteiger partial charge in [0, 0.05) is 26.2 Å². The van der Waals surface area contributed by atoms with Crippen LogP contribution in [-0.2, 0) is 21.2 Å². The molecule has 0 saturated carbocycles. The lowest BCUT2D eigenvalue weighted by Gasteiger charge is -2.21. The lowest BCUT2D eigenvalue weighted by atomic mass is 10.1. The maximum Gasteiger partial charge on any atom is 0.252 e. The van der Waals surface area contributed by atoms with E-state index in [0.29, 0.717) is 36.9 Å². The molecule has 0 bridgehead atoms. The van der Waals surface area contributed by atoms with E-state index < -0.39 is 10.0 Å². The molecule has 3 rings (SSSR count). The van der Waals surface area contributed by atoms with Gasteiger partial charge in [0.1, 0.15) is 4.21 Å². The zero-order valence-electron chi connectivity index (χ0n) is 15.2. The van der Waals surface area contributed by atoms with Crippen LogP contribution in [-0.4, -0.2) is 62.8 Å². The van der Waals surface area contributed by atoms with Gasteiger partial charge in [0.25, 0.3) is 10.0 Å². The normalized spacial score (nSPS) is 16.7. The third-order valence-electron chi connectivity index (χ3n) is 4.58. The summed E-state index contributed by atoms with van der Waals surface area (Å²) >= 11 is 1.24. The molecule has 0 atom stereocenters. The van der Waals surface area contributed by atoms with Crippen LogP contribution in [0.3, 0.4) is 0 Å². The van der Waals surface area contributed by atoms with E-state index in [2.05, 4.69) is 5.32 Å². The first-order valence-electron chi connectivity index (χ1n) is 9.12. The molecule has 1 aromatic carbocycles. The first-order valence-corrected chi connectivity index (χ1v) is 11.4. The molecule has 0 aliphatic carbocycles. The second-order valence-corrected chi connectivity index (χ2v) is 9.66. The lowest BCUT2D eigenvalue weighted by molar-refractivity contribution is -0.122. The topological polar surface area (TPSA) is 69.7 Å². The molecule has 1 saturated heterocycles. The van der Waals surface area contributed by atoms with E-state index in [9.17, 15) is 13.2 Å². The number of rotatable bonds is 7. The van der Waals surface area contributed by atoms with Crippen molar-refractivity contribution in [2.24, 2.45) is 0 Å². The molecule has 6 nitrogen and oxygen atoms in total. The van der Waals surface area contributed by atoms with Gasteiger partial charge >= 0.3 is 0 Å². The number of amides is 1. The van der Waals surface area contributed by atoms with Crippen LogP contribution >= 0.6 is 11.3 Å². The fraction of sp³-hybridized carbons (Fsp3) is 0.421. The van der Waals surface area contributed by atoms with Crippen LogP contribution in [0.4, 0.5) is 0 Å². The van der Waals surface area contributed by atoms with E-state index in [1.54, 1.807) is 17.5 Å². The molecular weight excluding hydrogens is 382 g/mol. The molecular formula is C19H25N3O3S2. The molecule has 2 aromatic rings. The first-order chi connectivity index (χ1) is 13.1. The number of sulfonamides is 1. The van der Waals surface area contributed by atoms with Gasteiger partial charge in [-0.15, -0.1) is 11.3 Å². The molecule has 1 aromatic heterocycles. The molecule has 0 spiro atoms. The predicted octanol–water partition coefficient (Wildman–Crippen LogP) is 1.80. The molecule has 27 heavy (non-hydrogen) atoms. The molecule has 0 radical (unpaired) electrons. The summed E-state index contributed by atoms with van der Waals surface area (Å²) in [7, 11) is -3.41. The zero-order chi connectivity index (χ0) is 19.1. The van der Waals surface area contributed by atoms with Gasteiger partial charge in [0.2, 0.25) is 5.91 Å². The van der Waals surface area contributed by atoms with Gasteiger partial charge in [0.15, 0.2) is 0 Å². The third-order valence-corrected chi connectivity index (χ3v) is 7.85. The minimum absolute atomic E-state index is 0.0134. The Kier molecular flexibility index (Phi) is 7.01. The monoisotopic (exact) mass is 407 g/mol.